The van der Waals surface area contributed by atoms with Crippen LogP contribution in [0.4, 0.5) is 0 Å². The molecule has 0 atom stereocenters. The molecule has 3 aromatic rings. The highest BCUT2D eigenvalue weighted by Crippen LogP contribution is 2.50. The lowest BCUT2D eigenvalue weighted by atomic mass is 9.71. The van der Waals surface area contributed by atoms with Crippen molar-refractivity contribution < 1.29 is 19.1 Å². The van der Waals surface area contributed by atoms with Crippen molar-refractivity contribution in [1.82, 2.24) is 4.90 Å². The van der Waals surface area contributed by atoms with Crippen molar-refractivity contribution in [3.63, 3.8) is 0 Å². The van der Waals surface area contributed by atoms with Crippen molar-refractivity contribution in [1.29, 1.82) is 0 Å². The molecule has 3 aliphatic rings. The molecule has 2 aliphatic carbocycles. The molecule has 0 saturated heterocycles. The number of ketones is 2. The van der Waals surface area contributed by atoms with E-state index in [2.05, 4.69) is 17.0 Å². The molecule has 3 aromatic carbocycles. The second kappa shape index (κ2) is 11.3. The number of hydrogen-bond acceptors (Lipinski definition) is 5. The SMILES string of the molecule is COc1cc(C2C3=C(CCCC3=O)N(Cc3ccccc3)C3=C2C(=O)CCC3)ccc1OCc1ccccc1Cl. The van der Waals surface area contributed by atoms with E-state index in [0.717, 1.165) is 64.9 Å². The van der Waals surface area contributed by atoms with Crippen molar-refractivity contribution in [3.8, 4) is 11.5 Å². The van der Waals surface area contributed by atoms with E-state index >= 15 is 0 Å². The number of benzene rings is 3. The van der Waals surface area contributed by atoms with E-state index in [0.29, 0.717) is 42.5 Å². The largest absolute Gasteiger partial charge is 0.493 e. The van der Waals surface area contributed by atoms with E-state index < -0.39 is 5.92 Å². The molecule has 204 valence electrons. The predicted octanol–water partition coefficient (Wildman–Crippen LogP) is 7.54. The quantitative estimate of drug-likeness (QED) is 0.302. The molecule has 0 amide bonds. The van der Waals surface area contributed by atoms with Gasteiger partial charge in [0.25, 0.3) is 0 Å². The zero-order valence-electron chi connectivity index (χ0n) is 22.6. The summed E-state index contributed by atoms with van der Waals surface area (Å²) in [4.78, 5) is 29.5. The summed E-state index contributed by atoms with van der Waals surface area (Å²) in [6.45, 7) is 0.957. The van der Waals surface area contributed by atoms with Crippen LogP contribution in [0.5, 0.6) is 11.5 Å². The van der Waals surface area contributed by atoms with E-state index in [4.69, 9.17) is 21.1 Å². The van der Waals surface area contributed by atoms with E-state index in [1.54, 1.807) is 7.11 Å². The Bertz CT molecular complexity index is 1480. The molecule has 0 spiro atoms. The van der Waals surface area contributed by atoms with E-state index in [1.165, 1.54) is 0 Å². The number of allylic oxidation sites excluding steroid dienone is 4. The third-order valence-electron chi connectivity index (χ3n) is 8.13. The smallest absolute Gasteiger partial charge is 0.161 e. The first-order valence-electron chi connectivity index (χ1n) is 13.9. The maximum Gasteiger partial charge on any atom is 0.161 e. The van der Waals surface area contributed by atoms with Crippen LogP contribution < -0.4 is 9.47 Å². The van der Waals surface area contributed by atoms with Gasteiger partial charge in [-0.2, -0.15) is 0 Å². The number of rotatable bonds is 7. The minimum Gasteiger partial charge on any atom is -0.493 e. The molecule has 0 bridgehead atoms. The van der Waals surface area contributed by atoms with E-state index in [1.807, 2.05) is 60.7 Å². The Hall–Kier alpha value is -3.83. The average molecular weight is 554 g/mol. The molecule has 40 heavy (non-hydrogen) atoms. The van der Waals surface area contributed by atoms with Gasteiger partial charge < -0.3 is 14.4 Å². The van der Waals surface area contributed by atoms with Crippen LogP contribution in [0.2, 0.25) is 5.02 Å². The van der Waals surface area contributed by atoms with E-state index in [-0.39, 0.29) is 11.6 Å². The van der Waals surface area contributed by atoms with Crippen LogP contribution in [0, 0.1) is 0 Å². The summed E-state index contributed by atoms with van der Waals surface area (Å²) in [5.74, 6) is 1.01. The Balaban J connectivity index is 1.42. The van der Waals surface area contributed by atoms with Gasteiger partial charge in [0.05, 0.1) is 7.11 Å². The Morgan fingerprint density at radius 3 is 2.10 bits per heavy atom. The van der Waals surface area contributed by atoms with Gasteiger partial charge >= 0.3 is 0 Å². The molecule has 0 N–H and O–H groups in total. The molecule has 0 radical (unpaired) electrons. The number of methoxy groups -OCH3 is 1. The lowest BCUT2D eigenvalue weighted by Gasteiger charge is -2.44. The monoisotopic (exact) mass is 553 g/mol. The Morgan fingerprint density at radius 2 is 1.45 bits per heavy atom. The predicted molar refractivity (Wildman–Crippen MR) is 155 cm³/mol. The highest BCUT2D eigenvalue weighted by Gasteiger charge is 2.43. The van der Waals surface area contributed by atoms with Gasteiger partial charge in [-0.05, 0) is 55.0 Å². The second-order valence-corrected chi connectivity index (χ2v) is 11.0. The highest BCUT2D eigenvalue weighted by atomic mass is 35.5. The number of Topliss-reactive ketones (excluding diaryl/α,β-unsaturated/α-hetero) is 2. The van der Waals surface area contributed by atoms with Gasteiger partial charge in [0, 0.05) is 58.4 Å². The molecule has 0 saturated carbocycles. The summed E-state index contributed by atoms with van der Waals surface area (Å²) in [7, 11) is 1.61. The van der Waals surface area contributed by atoms with Crippen LogP contribution in [0.15, 0.2) is 95.3 Å². The van der Waals surface area contributed by atoms with E-state index in [9.17, 15) is 9.59 Å². The number of hydrogen-bond donors (Lipinski definition) is 0. The maximum absolute atomic E-state index is 13.6. The standard InChI is InChI=1S/C34H32ClNO4/c1-39-31-19-23(17-18-30(31)40-21-24-11-5-6-12-25(24)35)32-33-26(13-7-15-28(33)37)36(20-22-9-3-2-4-10-22)27-14-8-16-29(38)34(27)32/h2-6,9-12,17-19,32H,7-8,13-16,20-21H2,1H3. The Morgan fingerprint density at radius 1 is 0.800 bits per heavy atom. The van der Waals surface area contributed by atoms with Gasteiger partial charge in [-0.1, -0.05) is 66.2 Å². The lowest BCUT2D eigenvalue weighted by Crippen LogP contribution is -2.38. The van der Waals surface area contributed by atoms with Gasteiger partial charge in [-0.15, -0.1) is 0 Å². The lowest BCUT2D eigenvalue weighted by molar-refractivity contribution is -0.117. The van der Waals surface area contributed by atoms with Crippen molar-refractivity contribution >= 4 is 23.2 Å². The fourth-order valence-corrected chi connectivity index (χ4v) is 6.45. The summed E-state index contributed by atoms with van der Waals surface area (Å²) >= 11 is 6.32. The third kappa shape index (κ3) is 4.95. The Kier molecular flexibility index (Phi) is 7.48. The fraction of sp³-hybridized carbons (Fsp3) is 0.294. The normalized spacial score (nSPS) is 17.6. The first-order valence-corrected chi connectivity index (χ1v) is 14.3. The number of ether oxygens (including phenoxy) is 2. The maximum atomic E-state index is 13.6. The molecular weight excluding hydrogens is 522 g/mol. The van der Waals surface area contributed by atoms with Crippen molar-refractivity contribution in [2.24, 2.45) is 0 Å². The summed E-state index contributed by atoms with van der Waals surface area (Å²) in [6.07, 6.45) is 4.30. The molecule has 6 heteroatoms. The van der Waals surface area contributed by atoms with Gasteiger partial charge in [0.15, 0.2) is 23.1 Å². The van der Waals surface area contributed by atoms with Gasteiger partial charge in [-0.25, -0.2) is 0 Å². The summed E-state index contributed by atoms with van der Waals surface area (Å²) in [6, 6.07) is 23.6. The topological polar surface area (TPSA) is 55.8 Å². The summed E-state index contributed by atoms with van der Waals surface area (Å²) in [5.41, 5.74) is 6.59. The minimum atomic E-state index is -0.399. The van der Waals surface area contributed by atoms with Crippen LogP contribution in [0.25, 0.3) is 0 Å². The molecule has 1 heterocycles. The van der Waals surface area contributed by atoms with Gasteiger partial charge in [-0.3, -0.25) is 9.59 Å². The van der Waals surface area contributed by atoms with Gasteiger partial charge in [0.1, 0.15) is 6.61 Å². The zero-order chi connectivity index (χ0) is 27.6. The number of nitrogens with zero attached hydrogens (tertiary/aromatic N) is 1. The van der Waals surface area contributed by atoms with Crippen LogP contribution in [0.1, 0.15) is 61.1 Å². The summed E-state index contributed by atoms with van der Waals surface area (Å²) < 4.78 is 11.9. The number of halogens is 1. The molecule has 1 aliphatic heterocycles. The van der Waals surface area contributed by atoms with Crippen LogP contribution in [-0.4, -0.2) is 23.6 Å². The van der Waals surface area contributed by atoms with Crippen molar-refractivity contribution in [2.45, 2.75) is 57.6 Å². The summed E-state index contributed by atoms with van der Waals surface area (Å²) in [5, 5.41) is 0.644. The first kappa shape index (κ1) is 26.4. The third-order valence-corrected chi connectivity index (χ3v) is 8.50. The van der Waals surface area contributed by atoms with Gasteiger partial charge in [0.2, 0.25) is 0 Å². The fourth-order valence-electron chi connectivity index (χ4n) is 6.26. The molecule has 0 fully saturated rings. The van der Waals surface area contributed by atoms with Crippen LogP contribution in [0.3, 0.4) is 0 Å². The molecule has 5 nitrogen and oxygen atoms in total. The Labute approximate surface area is 240 Å². The van der Waals surface area contributed by atoms with Crippen molar-refractivity contribution in [3.05, 3.63) is 117 Å². The van der Waals surface area contributed by atoms with Crippen LogP contribution in [-0.2, 0) is 22.7 Å². The van der Waals surface area contributed by atoms with Crippen LogP contribution >= 0.6 is 11.6 Å². The van der Waals surface area contributed by atoms with Crippen molar-refractivity contribution in [2.75, 3.05) is 7.11 Å². The first-order chi connectivity index (χ1) is 19.5. The zero-order valence-corrected chi connectivity index (χ0v) is 23.4. The number of carbonyl (C=O) groups is 2. The molecular formula is C34H32ClNO4. The highest BCUT2D eigenvalue weighted by molar-refractivity contribution is 6.31. The number of carbonyl (C=O) groups excluding carboxylic acids is 2. The molecule has 6 rings (SSSR count). The second-order valence-electron chi connectivity index (χ2n) is 10.6. The molecule has 0 unspecified atom stereocenters. The molecule has 0 aromatic heterocycles. The minimum absolute atomic E-state index is 0.132. The average Bonchev–Trinajstić information content (AvgIpc) is 2.98.